The number of methoxy groups -OCH3 is 1. The second-order valence-corrected chi connectivity index (χ2v) is 6.12. The molecule has 2 unspecified atom stereocenters. The van der Waals surface area contributed by atoms with Gasteiger partial charge in [-0.15, -0.1) is 0 Å². The van der Waals surface area contributed by atoms with Crippen molar-refractivity contribution in [1.29, 1.82) is 0 Å². The maximum atomic E-state index is 13.8. The molecule has 0 bridgehead atoms. The fourth-order valence-electron chi connectivity index (χ4n) is 3.07. The van der Waals surface area contributed by atoms with Crippen molar-refractivity contribution in [2.45, 2.75) is 38.3 Å². The average molecular weight is 362 g/mol. The van der Waals surface area contributed by atoms with Crippen molar-refractivity contribution in [3.05, 3.63) is 24.0 Å². The Morgan fingerprint density at radius 3 is 2.81 bits per heavy atom. The predicted octanol–water partition coefficient (Wildman–Crippen LogP) is 2.41. The van der Waals surface area contributed by atoms with Crippen LogP contribution in [0.1, 0.15) is 26.2 Å². The van der Waals surface area contributed by atoms with E-state index >= 15 is 0 Å². The molecule has 2 aromatic rings. The largest absolute Gasteiger partial charge is 0.494 e. The highest BCUT2D eigenvalue weighted by atomic mass is 19.1. The van der Waals surface area contributed by atoms with Gasteiger partial charge in [0.2, 0.25) is 11.9 Å². The fraction of sp³-hybridized carbons (Fsp3) is 0.471. The molecule has 0 amide bonds. The molecule has 9 heteroatoms. The van der Waals surface area contributed by atoms with Gasteiger partial charge in [0.25, 0.3) is 0 Å². The van der Waals surface area contributed by atoms with E-state index in [2.05, 4.69) is 37.8 Å². The Labute approximate surface area is 151 Å². The molecular weight excluding hydrogens is 339 g/mol. The van der Waals surface area contributed by atoms with Crippen molar-refractivity contribution < 1.29 is 14.2 Å². The van der Waals surface area contributed by atoms with Crippen LogP contribution in [-0.2, 0) is 0 Å². The zero-order valence-corrected chi connectivity index (χ0v) is 14.8. The molecule has 0 saturated carbocycles. The number of benzene rings is 1. The van der Waals surface area contributed by atoms with Gasteiger partial charge in [0.15, 0.2) is 11.6 Å². The van der Waals surface area contributed by atoms with Crippen molar-refractivity contribution in [3.63, 3.8) is 0 Å². The van der Waals surface area contributed by atoms with Crippen LogP contribution >= 0.6 is 0 Å². The van der Waals surface area contributed by atoms with E-state index in [1.54, 1.807) is 6.07 Å². The summed E-state index contributed by atoms with van der Waals surface area (Å²) in [5.41, 5.74) is 0.435. The molecule has 0 radical (unpaired) electrons. The van der Waals surface area contributed by atoms with Gasteiger partial charge in [-0.3, -0.25) is 0 Å². The number of aromatic hydroxyl groups is 1. The minimum Gasteiger partial charge on any atom is -0.494 e. The summed E-state index contributed by atoms with van der Waals surface area (Å²) in [4.78, 5) is 12.1. The number of nitrogens with zero attached hydrogens (tertiary/aromatic N) is 3. The van der Waals surface area contributed by atoms with Crippen molar-refractivity contribution in [3.8, 4) is 11.8 Å². The van der Waals surface area contributed by atoms with Crippen LogP contribution in [0, 0.1) is 5.82 Å². The minimum absolute atomic E-state index is 0.124. The van der Waals surface area contributed by atoms with Crippen LogP contribution < -0.4 is 20.7 Å². The standard InChI is InChI=1S/C17H23FN6O2/c1-3-12(13-5-4-8-19-13)21-16-22-15(23-17(25)24-16)20-10-6-7-14(26-2)11(18)9-10/h6-7,9,12-13,19H,3-5,8H2,1-2H3,(H3,20,21,22,23,24,25). The molecule has 26 heavy (non-hydrogen) atoms. The normalized spacial score (nSPS) is 17.7. The summed E-state index contributed by atoms with van der Waals surface area (Å²) in [6.45, 7) is 3.08. The third kappa shape index (κ3) is 4.29. The molecule has 1 saturated heterocycles. The number of hydrogen-bond donors (Lipinski definition) is 4. The molecule has 1 aliphatic rings. The van der Waals surface area contributed by atoms with Gasteiger partial charge in [0.05, 0.1) is 7.11 Å². The third-order valence-corrected chi connectivity index (χ3v) is 4.37. The highest BCUT2D eigenvalue weighted by Crippen LogP contribution is 2.23. The molecule has 1 aliphatic heterocycles. The molecule has 0 aliphatic carbocycles. The molecule has 1 fully saturated rings. The van der Waals surface area contributed by atoms with Crippen LogP contribution in [0.15, 0.2) is 18.2 Å². The quantitative estimate of drug-likeness (QED) is 0.595. The summed E-state index contributed by atoms with van der Waals surface area (Å²) in [6.07, 6.45) is 3.11. The average Bonchev–Trinajstić information content (AvgIpc) is 3.14. The van der Waals surface area contributed by atoms with E-state index in [0.29, 0.717) is 11.7 Å². The smallest absolute Gasteiger partial charge is 0.320 e. The Morgan fingerprint density at radius 1 is 1.35 bits per heavy atom. The number of halogens is 1. The summed E-state index contributed by atoms with van der Waals surface area (Å²) in [5, 5.41) is 19.4. The van der Waals surface area contributed by atoms with Gasteiger partial charge in [0.1, 0.15) is 0 Å². The maximum Gasteiger partial charge on any atom is 0.320 e. The van der Waals surface area contributed by atoms with Crippen LogP contribution in [-0.4, -0.2) is 45.8 Å². The number of anilines is 3. The van der Waals surface area contributed by atoms with Crippen LogP contribution in [0.5, 0.6) is 11.8 Å². The monoisotopic (exact) mass is 362 g/mol. The lowest BCUT2D eigenvalue weighted by Gasteiger charge is -2.23. The second kappa shape index (κ2) is 8.13. The predicted molar refractivity (Wildman–Crippen MR) is 96.5 cm³/mol. The minimum atomic E-state index is -0.507. The van der Waals surface area contributed by atoms with Crippen LogP contribution in [0.3, 0.4) is 0 Å². The Kier molecular flexibility index (Phi) is 5.67. The first-order chi connectivity index (χ1) is 12.6. The van der Waals surface area contributed by atoms with Crippen molar-refractivity contribution in [2.24, 2.45) is 0 Å². The van der Waals surface area contributed by atoms with E-state index in [-0.39, 0.29) is 23.7 Å². The van der Waals surface area contributed by atoms with Gasteiger partial charge in [-0.2, -0.15) is 15.0 Å². The molecule has 4 N–H and O–H groups in total. The SMILES string of the molecule is CCC(Nc1nc(O)nc(Nc2ccc(OC)c(F)c2)n1)C1CCCN1. The molecule has 1 aromatic heterocycles. The highest BCUT2D eigenvalue weighted by Gasteiger charge is 2.24. The van der Waals surface area contributed by atoms with Crippen LogP contribution in [0.2, 0.25) is 0 Å². The van der Waals surface area contributed by atoms with Gasteiger partial charge in [0, 0.05) is 23.8 Å². The third-order valence-electron chi connectivity index (χ3n) is 4.37. The summed E-state index contributed by atoms with van der Waals surface area (Å²) < 4.78 is 18.7. The molecule has 1 aromatic carbocycles. The molecule has 140 valence electrons. The molecule has 0 spiro atoms. The van der Waals surface area contributed by atoms with Gasteiger partial charge in [-0.25, -0.2) is 4.39 Å². The van der Waals surface area contributed by atoms with Gasteiger partial charge in [-0.1, -0.05) is 6.92 Å². The summed E-state index contributed by atoms with van der Waals surface area (Å²) >= 11 is 0. The Morgan fingerprint density at radius 2 is 2.15 bits per heavy atom. The number of nitrogens with one attached hydrogen (secondary N) is 3. The van der Waals surface area contributed by atoms with Crippen LogP contribution in [0.4, 0.5) is 22.0 Å². The molecular formula is C17H23FN6O2. The van der Waals surface area contributed by atoms with Crippen molar-refractivity contribution >= 4 is 17.6 Å². The molecule has 8 nitrogen and oxygen atoms in total. The number of hydrogen-bond acceptors (Lipinski definition) is 8. The van der Waals surface area contributed by atoms with Crippen molar-refractivity contribution in [2.75, 3.05) is 24.3 Å². The van der Waals surface area contributed by atoms with E-state index in [9.17, 15) is 9.50 Å². The van der Waals surface area contributed by atoms with Crippen LogP contribution in [0.25, 0.3) is 0 Å². The van der Waals surface area contributed by atoms with E-state index in [0.717, 1.165) is 25.8 Å². The lowest BCUT2D eigenvalue weighted by molar-refractivity contribution is 0.386. The zero-order chi connectivity index (χ0) is 18.5. The van der Waals surface area contributed by atoms with E-state index < -0.39 is 11.8 Å². The lowest BCUT2D eigenvalue weighted by atomic mass is 10.0. The lowest BCUT2D eigenvalue weighted by Crippen LogP contribution is -2.40. The van der Waals surface area contributed by atoms with Gasteiger partial charge >= 0.3 is 6.01 Å². The fourth-order valence-corrected chi connectivity index (χ4v) is 3.07. The van der Waals surface area contributed by atoms with E-state index in [1.165, 1.54) is 19.2 Å². The Bertz CT molecular complexity index is 754. The summed E-state index contributed by atoms with van der Waals surface area (Å²) in [6, 6.07) is 4.47. The Hall–Kier alpha value is -2.68. The summed E-state index contributed by atoms with van der Waals surface area (Å²) in [7, 11) is 1.40. The van der Waals surface area contributed by atoms with E-state index in [1.807, 2.05) is 0 Å². The molecule has 3 rings (SSSR count). The topological polar surface area (TPSA) is 104 Å². The highest BCUT2D eigenvalue weighted by molar-refractivity contribution is 5.56. The van der Waals surface area contributed by atoms with Gasteiger partial charge in [-0.05, 0) is 37.9 Å². The Balaban J connectivity index is 1.75. The first-order valence-electron chi connectivity index (χ1n) is 8.64. The second-order valence-electron chi connectivity index (χ2n) is 6.12. The first kappa shape index (κ1) is 18.1. The zero-order valence-electron chi connectivity index (χ0n) is 14.8. The van der Waals surface area contributed by atoms with Crippen molar-refractivity contribution in [1.82, 2.24) is 20.3 Å². The molecule has 2 heterocycles. The first-order valence-corrected chi connectivity index (χ1v) is 8.64. The van der Waals surface area contributed by atoms with E-state index in [4.69, 9.17) is 4.74 Å². The van der Waals surface area contributed by atoms with Gasteiger partial charge < -0.3 is 25.8 Å². The number of aromatic nitrogens is 3. The number of ether oxygens (including phenoxy) is 1. The maximum absolute atomic E-state index is 13.8. The summed E-state index contributed by atoms with van der Waals surface area (Å²) in [5.74, 6) is 0.0343. The number of rotatable bonds is 7. The molecule has 2 atom stereocenters.